The van der Waals surface area contributed by atoms with Gasteiger partial charge in [-0.25, -0.2) is 17.6 Å². The van der Waals surface area contributed by atoms with Gasteiger partial charge in [0.05, 0.1) is 15.6 Å². The van der Waals surface area contributed by atoms with Gasteiger partial charge < -0.3 is 0 Å². The van der Waals surface area contributed by atoms with Crippen LogP contribution in [0.1, 0.15) is 15.9 Å². The lowest BCUT2D eigenvalue weighted by Gasteiger charge is -2.16. The minimum atomic E-state index is -5.68. The van der Waals surface area contributed by atoms with E-state index in [1.165, 1.54) is 23.6 Å². The van der Waals surface area contributed by atoms with Crippen molar-refractivity contribution in [2.75, 3.05) is 5.43 Å². The highest BCUT2D eigenvalue weighted by atomic mass is 35.5. The molecular weight excluding hydrogens is 416 g/mol. The molecule has 2 N–H and O–H groups in total. The van der Waals surface area contributed by atoms with E-state index in [-0.39, 0.29) is 15.6 Å². The molecule has 1 amide bonds. The normalized spacial score (nSPS) is 11.4. The summed E-state index contributed by atoms with van der Waals surface area (Å²) in [5.41, 5.74) is -1.64. The molecular formula is C14H5Cl2F7N2O. The van der Waals surface area contributed by atoms with E-state index in [0.717, 1.165) is 0 Å². The van der Waals surface area contributed by atoms with Crippen molar-refractivity contribution in [1.29, 1.82) is 0 Å². The van der Waals surface area contributed by atoms with Crippen LogP contribution in [-0.4, -0.2) is 5.91 Å². The van der Waals surface area contributed by atoms with Gasteiger partial charge in [0.2, 0.25) is 0 Å². The minimum Gasteiger partial charge on any atom is -0.293 e. The zero-order valence-corrected chi connectivity index (χ0v) is 13.6. The quantitative estimate of drug-likeness (QED) is 0.400. The highest BCUT2D eigenvalue weighted by Gasteiger charge is 2.42. The van der Waals surface area contributed by atoms with Crippen LogP contribution in [0.5, 0.6) is 0 Å². The number of hydrogen-bond donors (Lipinski definition) is 2. The number of benzene rings is 2. The van der Waals surface area contributed by atoms with Crippen molar-refractivity contribution in [3.05, 3.63) is 62.6 Å². The van der Waals surface area contributed by atoms with Crippen LogP contribution in [0.3, 0.4) is 0 Å². The molecule has 12 heteroatoms. The van der Waals surface area contributed by atoms with Crippen LogP contribution in [-0.2, 0) is 6.18 Å². The number of hydrogen-bond acceptors (Lipinski definition) is 2. The van der Waals surface area contributed by atoms with Gasteiger partial charge in [-0.05, 0) is 12.1 Å². The number of halogens is 9. The Bertz CT molecular complexity index is 837. The molecule has 0 saturated carbocycles. The lowest BCUT2D eigenvalue weighted by atomic mass is 10.1. The molecule has 2 aromatic rings. The molecule has 0 aliphatic carbocycles. The first-order valence-electron chi connectivity index (χ1n) is 6.40. The van der Waals surface area contributed by atoms with Gasteiger partial charge in [-0.3, -0.25) is 15.6 Å². The predicted octanol–water partition coefficient (Wildman–Crippen LogP) is 5.33. The zero-order valence-electron chi connectivity index (χ0n) is 12.0. The Morgan fingerprint density at radius 3 is 1.77 bits per heavy atom. The topological polar surface area (TPSA) is 41.1 Å². The highest BCUT2D eigenvalue weighted by molar-refractivity contribution is 6.39. The van der Waals surface area contributed by atoms with Crippen LogP contribution in [0.15, 0.2) is 18.2 Å². The summed E-state index contributed by atoms with van der Waals surface area (Å²) >= 11 is 11.4. The number of hydrazine groups is 1. The van der Waals surface area contributed by atoms with E-state index < -0.39 is 46.6 Å². The maximum absolute atomic E-state index is 13.7. The fraction of sp³-hybridized carbons (Fsp3) is 0.0714. The SMILES string of the molecule is O=C(NNc1c(F)c(F)c(C(F)(F)F)c(F)c1F)c1c(Cl)cccc1Cl. The first kappa shape index (κ1) is 20.1. The molecule has 3 nitrogen and oxygen atoms in total. The van der Waals surface area contributed by atoms with Crippen molar-refractivity contribution >= 4 is 34.8 Å². The largest absolute Gasteiger partial charge is 0.422 e. The molecule has 0 aromatic heterocycles. The van der Waals surface area contributed by atoms with E-state index in [9.17, 15) is 35.5 Å². The third-order valence-electron chi connectivity index (χ3n) is 3.04. The molecule has 0 saturated heterocycles. The maximum Gasteiger partial charge on any atom is 0.422 e. The summed E-state index contributed by atoms with van der Waals surface area (Å²) in [5.74, 6) is -11.3. The van der Waals surface area contributed by atoms with E-state index in [4.69, 9.17) is 23.2 Å². The van der Waals surface area contributed by atoms with Gasteiger partial charge >= 0.3 is 6.18 Å². The molecule has 0 spiro atoms. The Kier molecular flexibility index (Phi) is 5.57. The molecule has 0 aliphatic rings. The third-order valence-corrected chi connectivity index (χ3v) is 3.67. The second-order valence-corrected chi connectivity index (χ2v) is 5.49. The minimum absolute atomic E-state index is 0.164. The van der Waals surface area contributed by atoms with E-state index in [2.05, 4.69) is 0 Å². The van der Waals surface area contributed by atoms with Gasteiger partial charge in [0.25, 0.3) is 5.91 Å². The Morgan fingerprint density at radius 1 is 0.885 bits per heavy atom. The van der Waals surface area contributed by atoms with Crippen LogP contribution < -0.4 is 10.9 Å². The van der Waals surface area contributed by atoms with Crippen LogP contribution in [0.4, 0.5) is 36.4 Å². The first-order valence-corrected chi connectivity index (χ1v) is 7.15. The van der Waals surface area contributed by atoms with Gasteiger partial charge in [-0.2, -0.15) is 13.2 Å². The summed E-state index contributed by atoms with van der Waals surface area (Å²) in [6, 6.07) is 3.89. The summed E-state index contributed by atoms with van der Waals surface area (Å²) in [4.78, 5) is 11.9. The molecule has 0 radical (unpaired) electrons. The van der Waals surface area contributed by atoms with Gasteiger partial charge in [-0.1, -0.05) is 29.3 Å². The summed E-state index contributed by atoms with van der Waals surface area (Å²) in [6.07, 6.45) is -5.68. The number of carbonyl (C=O) groups is 1. The Balaban J connectivity index is 2.38. The Morgan fingerprint density at radius 2 is 1.35 bits per heavy atom. The van der Waals surface area contributed by atoms with Crippen LogP contribution in [0, 0.1) is 23.3 Å². The zero-order chi connectivity index (χ0) is 19.8. The molecule has 0 fully saturated rings. The van der Waals surface area contributed by atoms with E-state index in [1.54, 1.807) is 5.43 Å². The average Bonchev–Trinajstić information content (AvgIpc) is 2.51. The summed E-state index contributed by atoms with van der Waals surface area (Å²) in [7, 11) is 0. The van der Waals surface area contributed by atoms with Gasteiger partial charge in [0.15, 0.2) is 23.3 Å². The van der Waals surface area contributed by atoms with Crippen molar-refractivity contribution in [1.82, 2.24) is 5.43 Å². The second-order valence-electron chi connectivity index (χ2n) is 4.68. The number of anilines is 1. The van der Waals surface area contributed by atoms with Gasteiger partial charge in [0, 0.05) is 0 Å². The maximum atomic E-state index is 13.7. The van der Waals surface area contributed by atoms with Crippen molar-refractivity contribution in [2.24, 2.45) is 0 Å². The lowest BCUT2D eigenvalue weighted by Crippen LogP contribution is -2.31. The third kappa shape index (κ3) is 3.65. The van der Waals surface area contributed by atoms with Crippen molar-refractivity contribution < 1.29 is 35.5 Å². The summed E-state index contributed by atoms with van der Waals surface area (Å²) in [5, 5.41) is -0.329. The second kappa shape index (κ2) is 7.20. The molecule has 0 aliphatic heterocycles. The molecule has 2 aromatic carbocycles. The van der Waals surface area contributed by atoms with Crippen molar-refractivity contribution in [3.63, 3.8) is 0 Å². The Labute approximate surface area is 150 Å². The Hall–Kier alpha value is -2.20. The average molecular weight is 421 g/mol. The summed E-state index contributed by atoms with van der Waals surface area (Å²) < 4.78 is 91.8. The molecule has 26 heavy (non-hydrogen) atoms. The number of carbonyl (C=O) groups excluding carboxylic acids is 1. The molecule has 2 rings (SSSR count). The number of nitrogens with one attached hydrogen (secondary N) is 2. The molecule has 140 valence electrons. The van der Waals surface area contributed by atoms with Gasteiger partial charge in [-0.15, -0.1) is 0 Å². The van der Waals surface area contributed by atoms with Crippen LogP contribution in [0.2, 0.25) is 10.0 Å². The molecule has 0 heterocycles. The van der Waals surface area contributed by atoms with Gasteiger partial charge in [0.1, 0.15) is 11.3 Å². The fourth-order valence-corrected chi connectivity index (χ4v) is 2.46. The number of rotatable bonds is 3. The standard InChI is InChI=1S/C14H5Cl2F7N2O/c15-4-2-1-3-5(16)6(4)13(26)25-24-12-10(19)8(17)7(14(21,22)23)9(18)11(12)20/h1-3,24H,(H,25,26). The van der Waals surface area contributed by atoms with E-state index in [1.807, 2.05) is 0 Å². The number of amides is 1. The molecule has 0 atom stereocenters. The van der Waals surface area contributed by atoms with E-state index in [0.29, 0.717) is 0 Å². The first-order chi connectivity index (χ1) is 12.0. The smallest absolute Gasteiger partial charge is 0.293 e. The predicted molar refractivity (Wildman–Crippen MR) is 78.8 cm³/mol. The number of alkyl halides is 3. The van der Waals surface area contributed by atoms with E-state index >= 15 is 0 Å². The molecule has 0 bridgehead atoms. The van der Waals surface area contributed by atoms with Crippen molar-refractivity contribution in [3.8, 4) is 0 Å². The lowest BCUT2D eigenvalue weighted by molar-refractivity contribution is -0.143. The molecule has 0 unspecified atom stereocenters. The highest BCUT2D eigenvalue weighted by Crippen LogP contribution is 2.38. The van der Waals surface area contributed by atoms with Crippen LogP contribution >= 0.6 is 23.2 Å². The monoisotopic (exact) mass is 420 g/mol. The van der Waals surface area contributed by atoms with Crippen molar-refractivity contribution in [2.45, 2.75) is 6.18 Å². The van der Waals surface area contributed by atoms with Crippen LogP contribution in [0.25, 0.3) is 0 Å². The summed E-state index contributed by atoms with van der Waals surface area (Å²) in [6.45, 7) is 0. The fourth-order valence-electron chi connectivity index (χ4n) is 1.89.